The first-order valence-electron chi connectivity index (χ1n) is 13.4. The molecule has 1 fully saturated rings. The van der Waals surface area contributed by atoms with Crippen molar-refractivity contribution in [1.82, 2.24) is 14.5 Å². The first kappa shape index (κ1) is 28.3. The lowest BCUT2D eigenvalue weighted by Crippen LogP contribution is -2.51. The van der Waals surface area contributed by atoms with Gasteiger partial charge in [0, 0.05) is 43.5 Å². The number of aryl methyl sites for hydroxylation is 4. The van der Waals surface area contributed by atoms with Crippen LogP contribution in [0, 0.1) is 13.8 Å². The van der Waals surface area contributed by atoms with Crippen LogP contribution in [0.15, 0.2) is 42.7 Å². The maximum atomic E-state index is 11.3. The van der Waals surface area contributed by atoms with Crippen LogP contribution in [0.1, 0.15) is 48.7 Å². The number of halogens is 1. The molecule has 0 saturated carbocycles. The summed E-state index contributed by atoms with van der Waals surface area (Å²) in [6.45, 7) is 9.97. The number of methoxy groups -OCH3 is 1. The number of rotatable bonds is 12. The molecule has 1 N–H and O–H groups in total. The van der Waals surface area contributed by atoms with Gasteiger partial charge in [0.05, 0.1) is 13.7 Å². The van der Waals surface area contributed by atoms with Crippen molar-refractivity contribution in [3.63, 3.8) is 0 Å². The molecule has 0 bridgehead atoms. The van der Waals surface area contributed by atoms with Crippen LogP contribution in [0.4, 0.5) is 0 Å². The molecule has 1 aliphatic heterocycles. The maximum Gasteiger partial charge on any atom is 0.161 e. The summed E-state index contributed by atoms with van der Waals surface area (Å²) in [5.74, 6) is 3.31. The van der Waals surface area contributed by atoms with E-state index < -0.39 is 5.60 Å². The predicted octanol–water partition coefficient (Wildman–Crippen LogP) is 5.60. The summed E-state index contributed by atoms with van der Waals surface area (Å²) >= 11 is 6.28. The van der Waals surface area contributed by atoms with Crippen LogP contribution in [0.5, 0.6) is 17.2 Å². The van der Waals surface area contributed by atoms with Crippen LogP contribution in [-0.4, -0.2) is 58.6 Å². The van der Waals surface area contributed by atoms with E-state index in [2.05, 4.69) is 27.4 Å². The standard InChI is InChI=1S/C30H40ClN3O4/c1-5-28-32-11-14-34(28)13-7-15-37-26-9-8-24(18-27(26)36-4)19-33-12-6-10-30(35,20-33)21-38-25-16-22(2)29(31)23(3)17-25/h8-9,11,14,16-18,35H,5-7,10,12-13,15,19-21H2,1-4H3/t30-/m1/s1. The quantitative estimate of drug-likeness (QED) is 0.301. The Hall–Kier alpha value is -2.74. The number of β-amino-alcohol motifs (C(OH)–C–C–N with tert-alkyl or cyclic N) is 1. The molecule has 7 nitrogen and oxygen atoms in total. The summed E-state index contributed by atoms with van der Waals surface area (Å²) in [5.41, 5.74) is 2.17. The van der Waals surface area contributed by atoms with Gasteiger partial charge in [-0.25, -0.2) is 4.98 Å². The van der Waals surface area contributed by atoms with Crippen molar-refractivity contribution in [2.75, 3.05) is 33.4 Å². The lowest BCUT2D eigenvalue weighted by Gasteiger charge is -2.39. The SMILES string of the molecule is CCc1nccn1CCCOc1ccc(CN2CCC[C@](O)(COc3cc(C)c(Cl)c(C)c3)C2)cc1OC. The fourth-order valence-corrected chi connectivity index (χ4v) is 5.24. The van der Waals surface area contributed by atoms with Crippen LogP contribution in [0.2, 0.25) is 5.02 Å². The molecule has 0 radical (unpaired) electrons. The van der Waals surface area contributed by atoms with Crippen molar-refractivity contribution < 1.29 is 19.3 Å². The maximum absolute atomic E-state index is 11.3. The van der Waals surface area contributed by atoms with Crippen molar-refractivity contribution in [2.24, 2.45) is 0 Å². The van der Waals surface area contributed by atoms with Crippen molar-refractivity contribution in [3.8, 4) is 17.2 Å². The normalized spacial score (nSPS) is 17.9. The molecule has 1 aromatic heterocycles. The summed E-state index contributed by atoms with van der Waals surface area (Å²) < 4.78 is 19.9. The van der Waals surface area contributed by atoms with Gasteiger partial charge in [0.2, 0.25) is 0 Å². The zero-order valence-corrected chi connectivity index (χ0v) is 23.8. The van der Waals surface area contributed by atoms with Gasteiger partial charge < -0.3 is 23.9 Å². The smallest absolute Gasteiger partial charge is 0.161 e. The van der Waals surface area contributed by atoms with E-state index in [4.69, 9.17) is 25.8 Å². The minimum absolute atomic E-state index is 0.249. The lowest BCUT2D eigenvalue weighted by atomic mass is 9.93. The van der Waals surface area contributed by atoms with Gasteiger partial charge in [-0.3, -0.25) is 4.90 Å². The van der Waals surface area contributed by atoms with Gasteiger partial charge >= 0.3 is 0 Å². The summed E-state index contributed by atoms with van der Waals surface area (Å²) in [6, 6.07) is 9.94. The molecule has 0 unspecified atom stereocenters. The molecule has 1 saturated heterocycles. The molecule has 4 rings (SSSR count). The predicted molar refractivity (Wildman–Crippen MR) is 151 cm³/mol. The van der Waals surface area contributed by atoms with Gasteiger partial charge in [0.15, 0.2) is 11.5 Å². The molecule has 8 heteroatoms. The zero-order valence-electron chi connectivity index (χ0n) is 23.0. The van der Waals surface area contributed by atoms with E-state index in [0.29, 0.717) is 19.6 Å². The number of benzene rings is 2. The molecule has 2 heterocycles. The van der Waals surface area contributed by atoms with Crippen LogP contribution in [-0.2, 0) is 19.5 Å². The number of piperidine rings is 1. The van der Waals surface area contributed by atoms with E-state index in [0.717, 1.165) is 83.7 Å². The second kappa shape index (κ2) is 12.9. The number of aromatic nitrogens is 2. The zero-order chi connectivity index (χ0) is 27.1. The second-order valence-electron chi connectivity index (χ2n) is 10.3. The van der Waals surface area contributed by atoms with Crippen LogP contribution in [0.25, 0.3) is 0 Å². The van der Waals surface area contributed by atoms with Crippen LogP contribution in [0.3, 0.4) is 0 Å². The average molecular weight is 542 g/mol. The van der Waals surface area contributed by atoms with Crippen molar-refractivity contribution in [2.45, 2.75) is 65.1 Å². The van der Waals surface area contributed by atoms with Gasteiger partial charge in [0.25, 0.3) is 0 Å². The van der Waals surface area contributed by atoms with Crippen molar-refractivity contribution in [1.29, 1.82) is 0 Å². The van der Waals surface area contributed by atoms with E-state index in [1.807, 2.05) is 50.5 Å². The Morgan fingerprint density at radius 1 is 1.11 bits per heavy atom. The van der Waals surface area contributed by atoms with Gasteiger partial charge in [0.1, 0.15) is 23.8 Å². The molecular formula is C30H40ClN3O4. The van der Waals surface area contributed by atoms with Gasteiger partial charge in [-0.1, -0.05) is 24.6 Å². The Balaban J connectivity index is 1.30. The summed E-state index contributed by atoms with van der Waals surface area (Å²) in [6.07, 6.45) is 7.29. The summed E-state index contributed by atoms with van der Waals surface area (Å²) in [4.78, 5) is 6.64. The number of aliphatic hydroxyl groups is 1. The molecular weight excluding hydrogens is 502 g/mol. The highest BCUT2D eigenvalue weighted by atomic mass is 35.5. The topological polar surface area (TPSA) is 69.0 Å². The monoisotopic (exact) mass is 541 g/mol. The molecule has 0 amide bonds. The van der Waals surface area contributed by atoms with E-state index in [1.54, 1.807) is 7.11 Å². The third kappa shape index (κ3) is 7.22. The van der Waals surface area contributed by atoms with Gasteiger partial charge in [-0.2, -0.15) is 0 Å². The van der Waals surface area contributed by atoms with E-state index in [-0.39, 0.29) is 6.61 Å². The molecule has 3 aromatic rings. The minimum atomic E-state index is -0.903. The highest BCUT2D eigenvalue weighted by Crippen LogP contribution is 2.31. The molecule has 2 aromatic carbocycles. The van der Waals surface area contributed by atoms with Crippen molar-refractivity contribution >= 4 is 11.6 Å². The third-order valence-corrected chi connectivity index (χ3v) is 7.70. The average Bonchev–Trinajstić information content (AvgIpc) is 3.36. The Labute approximate surface area is 231 Å². The largest absolute Gasteiger partial charge is 0.493 e. The number of likely N-dealkylation sites (tertiary alicyclic amines) is 1. The number of nitrogens with zero attached hydrogens (tertiary/aromatic N) is 3. The van der Waals surface area contributed by atoms with Gasteiger partial charge in [-0.15, -0.1) is 0 Å². The Kier molecular flexibility index (Phi) is 9.58. The third-order valence-electron chi connectivity index (χ3n) is 7.10. The molecule has 1 aliphatic rings. The van der Waals surface area contributed by atoms with E-state index >= 15 is 0 Å². The van der Waals surface area contributed by atoms with Crippen LogP contribution < -0.4 is 14.2 Å². The molecule has 0 spiro atoms. The van der Waals surface area contributed by atoms with E-state index in [9.17, 15) is 5.11 Å². The first-order chi connectivity index (χ1) is 18.3. The molecule has 0 aliphatic carbocycles. The summed E-state index contributed by atoms with van der Waals surface area (Å²) in [7, 11) is 1.67. The second-order valence-corrected chi connectivity index (χ2v) is 10.7. The molecule has 1 atom stereocenters. The minimum Gasteiger partial charge on any atom is -0.493 e. The number of hydrogen-bond acceptors (Lipinski definition) is 6. The first-order valence-corrected chi connectivity index (χ1v) is 13.8. The molecule has 206 valence electrons. The van der Waals surface area contributed by atoms with Gasteiger partial charge in [-0.05, 0) is 80.6 Å². The highest BCUT2D eigenvalue weighted by Gasteiger charge is 2.34. The van der Waals surface area contributed by atoms with Crippen LogP contribution >= 0.6 is 11.6 Å². The fourth-order valence-electron chi connectivity index (χ4n) is 5.13. The number of imidazole rings is 1. The van der Waals surface area contributed by atoms with E-state index in [1.165, 1.54) is 0 Å². The highest BCUT2D eigenvalue weighted by molar-refractivity contribution is 6.32. The Morgan fingerprint density at radius 3 is 2.63 bits per heavy atom. The Bertz CT molecular complexity index is 1190. The Morgan fingerprint density at radius 2 is 1.89 bits per heavy atom. The number of hydrogen-bond donors (Lipinski definition) is 1. The fraction of sp³-hybridized carbons (Fsp3) is 0.500. The molecule has 38 heavy (non-hydrogen) atoms. The summed E-state index contributed by atoms with van der Waals surface area (Å²) in [5, 5.41) is 12.1. The van der Waals surface area contributed by atoms with Crippen molar-refractivity contribution in [3.05, 3.63) is 70.3 Å². The lowest BCUT2D eigenvalue weighted by molar-refractivity contribution is -0.0621. The number of ether oxygens (including phenoxy) is 3.